The number of rotatable bonds is 6. The van der Waals surface area contributed by atoms with Gasteiger partial charge in [0.2, 0.25) is 5.78 Å². The Morgan fingerprint density at radius 1 is 0.852 bits per heavy atom. The molecular formula is C20H20O7. The number of Topliss-reactive ketones (excluding diaryl/α,β-unsaturated/α-hetero) is 1. The van der Waals surface area contributed by atoms with Gasteiger partial charge in [-0.1, -0.05) is 0 Å². The molecular weight excluding hydrogens is 352 g/mol. The first kappa shape index (κ1) is 18.6. The van der Waals surface area contributed by atoms with Gasteiger partial charge in [-0.05, 0) is 35.9 Å². The topological polar surface area (TPSA) is 80.3 Å². The fourth-order valence-electron chi connectivity index (χ4n) is 3.04. The summed E-state index contributed by atoms with van der Waals surface area (Å²) in [5, 5.41) is 0. The lowest BCUT2D eigenvalue weighted by Crippen LogP contribution is -2.24. The van der Waals surface area contributed by atoms with Gasteiger partial charge in [0.15, 0.2) is 29.1 Å². The Bertz CT molecular complexity index is 888. The molecule has 0 amide bonds. The van der Waals surface area contributed by atoms with E-state index in [0.29, 0.717) is 28.6 Å². The molecule has 1 unspecified atom stereocenters. The summed E-state index contributed by atoms with van der Waals surface area (Å²) in [6, 6.07) is 8.02. The second kappa shape index (κ2) is 7.57. The molecule has 1 aliphatic carbocycles. The second-order valence-corrected chi connectivity index (χ2v) is 5.90. The third-order valence-electron chi connectivity index (χ3n) is 4.44. The summed E-state index contributed by atoms with van der Waals surface area (Å²) >= 11 is 0. The number of ether oxygens (including phenoxy) is 5. The quantitative estimate of drug-likeness (QED) is 0.721. The van der Waals surface area contributed by atoms with Crippen molar-refractivity contribution in [3.63, 3.8) is 0 Å². The van der Waals surface area contributed by atoms with Crippen molar-refractivity contribution in [2.24, 2.45) is 0 Å². The third-order valence-corrected chi connectivity index (χ3v) is 4.44. The van der Waals surface area contributed by atoms with Crippen LogP contribution in [0.1, 0.15) is 26.3 Å². The van der Waals surface area contributed by atoms with Gasteiger partial charge in [-0.2, -0.15) is 0 Å². The van der Waals surface area contributed by atoms with Crippen LogP contribution in [0.3, 0.4) is 0 Å². The first-order valence-electron chi connectivity index (χ1n) is 8.24. The fourth-order valence-corrected chi connectivity index (χ4v) is 3.04. The number of benzene rings is 2. The molecule has 7 heteroatoms. The molecule has 0 fully saturated rings. The van der Waals surface area contributed by atoms with Crippen LogP contribution in [0.5, 0.6) is 23.0 Å². The van der Waals surface area contributed by atoms with E-state index in [1.54, 1.807) is 24.3 Å². The van der Waals surface area contributed by atoms with E-state index in [0.717, 1.165) is 5.56 Å². The molecule has 3 rings (SSSR count). The molecule has 2 aromatic rings. The van der Waals surface area contributed by atoms with Crippen molar-refractivity contribution in [2.75, 3.05) is 28.4 Å². The molecule has 0 N–H and O–H groups in total. The molecule has 0 saturated carbocycles. The Morgan fingerprint density at radius 2 is 1.44 bits per heavy atom. The van der Waals surface area contributed by atoms with Crippen LogP contribution in [0.15, 0.2) is 30.3 Å². The summed E-state index contributed by atoms with van der Waals surface area (Å²) in [5.41, 5.74) is 1.49. The normalized spacial score (nSPS) is 15.1. The molecule has 7 nitrogen and oxygen atoms in total. The number of ketones is 1. The minimum absolute atomic E-state index is 0.264. The van der Waals surface area contributed by atoms with Crippen molar-refractivity contribution in [1.82, 2.24) is 0 Å². The third kappa shape index (κ3) is 3.40. The van der Waals surface area contributed by atoms with Gasteiger partial charge in [0.25, 0.3) is 0 Å². The molecule has 0 spiro atoms. The highest BCUT2D eigenvalue weighted by molar-refractivity contribution is 6.06. The Morgan fingerprint density at radius 3 is 2.07 bits per heavy atom. The SMILES string of the molecule is COc1ccc(C(=O)OC2Cc3cc(OC)c(OC)cc3C2=O)cc1OC. The maximum Gasteiger partial charge on any atom is 0.339 e. The zero-order valence-corrected chi connectivity index (χ0v) is 15.5. The number of hydrogen-bond donors (Lipinski definition) is 0. The molecule has 1 aliphatic rings. The number of hydrogen-bond acceptors (Lipinski definition) is 7. The lowest BCUT2D eigenvalue weighted by Gasteiger charge is -2.12. The number of methoxy groups -OCH3 is 4. The van der Waals surface area contributed by atoms with Crippen molar-refractivity contribution in [2.45, 2.75) is 12.5 Å². The van der Waals surface area contributed by atoms with Crippen molar-refractivity contribution >= 4 is 11.8 Å². The molecule has 2 aromatic carbocycles. The maximum absolute atomic E-state index is 12.6. The standard InChI is InChI=1S/C20H20O7/c1-23-14-6-5-11(7-15(14)24-2)20(22)27-18-9-12-8-16(25-3)17(26-4)10-13(12)19(18)21/h5-8,10,18H,9H2,1-4H3. The van der Waals surface area contributed by atoms with Gasteiger partial charge in [0.05, 0.1) is 34.0 Å². The smallest absolute Gasteiger partial charge is 0.339 e. The largest absolute Gasteiger partial charge is 0.493 e. The zero-order chi connectivity index (χ0) is 19.6. The molecule has 0 bridgehead atoms. The zero-order valence-electron chi connectivity index (χ0n) is 15.5. The van der Waals surface area contributed by atoms with Gasteiger partial charge in [-0.15, -0.1) is 0 Å². The molecule has 0 heterocycles. The number of fused-ring (bicyclic) bond motifs is 1. The summed E-state index contributed by atoms with van der Waals surface area (Å²) in [4.78, 5) is 25.1. The Labute approximate surface area is 156 Å². The Balaban J connectivity index is 1.80. The van der Waals surface area contributed by atoms with E-state index in [-0.39, 0.29) is 17.8 Å². The molecule has 0 aromatic heterocycles. The minimum Gasteiger partial charge on any atom is -0.493 e. The molecule has 142 valence electrons. The first-order valence-corrected chi connectivity index (χ1v) is 8.24. The van der Waals surface area contributed by atoms with E-state index in [1.807, 2.05) is 0 Å². The lowest BCUT2D eigenvalue weighted by atomic mass is 10.1. The predicted molar refractivity (Wildman–Crippen MR) is 96.3 cm³/mol. The van der Waals surface area contributed by atoms with Crippen LogP contribution in [0.2, 0.25) is 0 Å². The van der Waals surface area contributed by atoms with E-state index < -0.39 is 12.1 Å². The van der Waals surface area contributed by atoms with Gasteiger partial charge >= 0.3 is 5.97 Å². The van der Waals surface area contributed by atoms with Crippen LogP contribution in [-0.2, 0) is 11.2 Å². The van der Waals surface area contributed by atoms with E-state index in [2.05, 4.69) is 0 Å². The number of carbonyl (C=O) groups is 2. The highest BCUT2D eigenvalue weighted by atomic mass is 16.5. The fraction of sp³-hybridized carbons (Fsp3) is 0.300. The van der Waals surface area contributed by atoms with Gasteiger partial charge in [-0.25, -0.2) is 4.79 Å². The Kier molecular flexibility index (Phi) is 5.21. The average molecular weight is 372 g/mol. The summed E-state index contributed by atoms with van der Waals surface area (Å²) in [6.45, 7) is 0. The molecule has 27 heavy (non-hydrogen) atoms. The van der Waals surface area contributed by atoms with Crippen LogP contribution in [-0.4, -0.2) is 46.3 Å². The average Bonchev–Trinajstić information content (AvgIpc) is 3.00. The monoisotopic (exact) mass is 372 g/mol. The van der Waals surface area contributed by atoms with Gasteiger partial charge in [0.1, 0.15) is 0 Å². The Hall–Kier alpha value is -3.22. The first-order chi connectivity index (χ1) is 13.0. The van der Waals surface area contributed by atoms with Gasteiger partial charge in [0, 0.05) is 12.0 Å². The summed E-state index contributed by atoms with van der Waals surface area (Å²) in [7, 11) is 6.01. The van der Waals surface area contributed by atoms with Crippen LogP contribution in [0.25, 0.3) is 0 Å². The highest BCUT2D eigenvalue weighted by Crippen LogP contribution is 2.36. The molecule has 0 aliphatic heterocycles. The van der Waals surface area contributed by atoms with Crippen LogP contribution >= 0.6 is 0 Å². The van der Waals surface area contributed by atoms with E-state index in [1.165, 1.54) is 34.5 Å². The van der Waals surface area contributed by atoms with Crippen molar-refractivity contribution in [3.8, 4) is 23.0 Å². The van der Waals surface area contributed by atoms with Crippen molar-refractivity contribution in [1.29, 1.82) is 0 Å². The predicted octanol–water partition coefficient (Wildman–Crippen LogP) is 2.69. The number of carbonyl (C=O) groups excluding carboxylic acids is 2. The maximum atomic E-state index is 12.6. The van der Waals surface area contributed by atoms with Crippen LogP contribution < -0.4 is 18.9 Å². The highest BCUT2D eigenvalue weighted by Gasteiger charge is 2.35. The lowest BCUT2D eigenvalue weighted by molar-refractivity contribution is 0.0304. The molecule has 1 atom stereocenters. The molecule has 0 radical (unpaired) electrons. The van der Waals surface area contributed by atoms with E-state index in [4.69, 9.17) is 23.7 Å². The molecule has 0 saturated heterocycles. The minimum atomic E-state index is -0.891. The summed E-state index contributed by atoms with van der Waals surface area (Å²) in [6.07, 6.45) is -0.606. The number of esters is 1. The van der Waals surface area contributed by atoms with E-state index >= 15 is 0 Å². The second-order valence-electron chi connectivity index (χ2n) is 5.90. The summed E-state index contributed by atoms with van der Waals surface area (Å²) < 4.78 is 26.3. The van der Waals surface area contributed by atoms with Crippen LogP contribution in [0.4, 0.5) is 0 Å². The van der Waals surface area contributed by atoms with E-state index in [9.17, 15) is 9.59 Å². The van der Waals surface area contributed by atoms with Gasteiger partial charge < -0.3 is 23.7 Å². The van der Waals surface area contributed by atoms with Crippen LogP contribution in [0, 0.1) is 0 Å². The van der Waals surface area contributed by atoms with Gasteiger partial charge in [-0.3, -0.25) is 4.79 Å². The van der Waals surface area contributed by atoms with Crippen molar-refractivity contribution < 1.29 is 33.3 Å². The van der Waals surface area contributed by atoms with Crippen molar-refractivity contribution in [3.05, 3.63) is 47.0 Å². The summed E-state index contributed by atoms with van der Waals surface area (Å²) in [5.74, 6) is 1.01.